The van der Waals surface area contributed by atoms with Crippen molar-refractivity contribution in [2.45, 2.75) is 6.92 Å². The summed E-state index contributed by atoms with van der Waals surface area (Å²) >= 11 is 0. The van der Waals surface area contributed by atoms with Crippen LogP contribution in [-0.2, 0) is 0 Å². The SMILES string of the molecule is CNc1ccc(Nc2ccccc2)cc1.Cc1ccccc1. The number of rotatable bonds is 3. The fraction of sp³-hybridized carbons (Fsp3) is 0.100. The second-order valence-corrected chi connectivity index (χ2v) is 4.97. The lowest BCUT2D eigenvalue weighted by Crippen LogP contribution is -1.91. The van der Waals surface area contributed by atoms with E-state index in [0.29, 0.717) is 0 Å². The molecule has 2 N–H and O–H groups in total. The Hall–Kier alpha value is -2.74. The van der Waals surface area contributed by atoms with Gasteiger partial charge in [0.25, 0.3) is 0 Å². The molecule has 0 radical (unpaired) electrons. The van der Waals surface area contributed by atoms with Gasteiger partial charge in [0.2, 0.25) is 0 Å². The van der Waals surface area contributed by atoms with E-state index < -0.39 is 0 Å². The summed E-state index contributed by atoms with van der Waals surface area (Å²) in [6, 6.07) is 28.6. The van der Waals surface area contributed by atoms with Crippen LogP contribution in [0.5, 0.6) is 0 Å². The van der Waals surface area contributed by atoms with Gasteiger partial charge < -0.3 is 10.6 Å². The van der Waals surface area contributed by atoms with E-state index in [0.717, 1.165) is 17.1 Å². The minimum Gasteiger partial charge on any atom is -0.388 e. The van der Waals surface area contributed by atoms with E-state index in [1.807, 2.05) is 67.7 Å². The summed E-state index contributed by atoms with van der Waals surface area (Å²) in [6.45, 7) is 2.08. The maximum absolute atomic E-state index is 3.33. The first-order valence-corrected chi connectivity index (χ1v) is 7.39. The molecular weight excluding hydrogens is 268 g/mol. The summed E-state index contributed by atoms with van der Waals surface area (Å²) in [7, 11) is 1.92. The maximum Gasteiger partial charge on any atom is 0.0385 e. The maximum atomic E-state index is 3.33. The molecule has 0 aliphatic carbocycles. The fourth-order valence-corrected chi connectivity index (χ4v) is 1.94. The molecule has 0 atom stereocenters. The molecule has 2 nitrogen and oxygen atoms in total. The third kappa shape index (κ3) is 5.33. The molecular formula is C20H22N2. The molecule has 3 aromatic carbocycles. The summed E-state index contributed by atoms with van der Waals surface area (Å²) in [5, 5.41) is 6.42. The van der Waals surface area contributed by atoms with Crippen molar-refractivity contribution in [3.8, 4) is 0 Å². The molecule has 112 valence electrons. The Balaban J connectivity index is 0.000000211. The van der Waals surface area contributed by atoms with Crippen LogP contribution in [0.3, 0.4) is 0 Å². The second-order valence-electron chi connectivity index (χ2n) is 4.97. The molecule has 3 rings (SSSR count). The van der Waals surface area contributed by atoms with E-state index in [4.69, 9.17) is 0 Å². The average Bonchev–Trinajstić information content (AvgIpc) is 2.58. The molecule has 3 aromatic rings. The molecule has 0 unspecified atom stereocenters. The number of hydrogen-bond donors (Lipinski definition) is 2. The van der Waals surface area contributed by atoms with Gasteiger partial charge in [0, 0.05) is 24.1 Å². The number of nitrogens with one attached hydrogen (secondary N) is 2. The molecule has 0 heterocycles. The van der Waals surface area contributed by atoms with Crippen molar-refractivity contribution < 1.29 is 0 Å². The van der Waals surface area contributed by atoms with E-state index in [1.165, 1.54) is 5.56 Å². The number of aryl methyl sites for hydroxylation is 1. The van der Waals surface area contributed by atoms with Gasteiger partial charge in [0.15, 0.2) is 0 Å². The molecule has 2 heteroatoms. The standard InChI is InChI=1S/C13H14N2.C7H8/c1-14-11-7-9-13(10-8-11)15-12-5-3-2-4-6-12;1-7-5-3-2-4-6-7/h2-10,14-15H,1H3;2-6H,1H3. The van der Waals surface area contributed by atoms with Crippen LogP contribution in [0.1, 0.15) is 5.56 Å². The molecule has 0 spiro atoms. The van der Waals surface area contributed by atoms with E-state index in [-0.39, 0.29) is 0 Å². The van der Waals surface area contributed by atoms with Gasteiger partial charge in [-0.2, -0.15) is 0 Å². The highest BCUT2D eigenvalue weighted by atomic mass is 14.9. The van der Waals surface area contributed by atoms with Crippen LogP contribution in [0.2, 0.25) is 0 Å². The van der Waals surface area contributed by atoms with Crippen molar-refractivity contribution in [3.05, 3.63) is 90.5 Å². The second kappa shape index (κ2) is 8.53. The van der Waals surface area contributed by atoms with Crippen molar-refractivity contribution in [2.24, 2.45) is 0 Å². The minimum absolute atomic E-state index is 1.10. The Labute approximate surface area is 132 Å². The third-order valence-electron chi connectivity index (χ3n) is 3.18. The first-order chi connectivity index (χ1) is 10.8. The lowest BCUT2D eigenvalue weighted by molar-refractivity contribution is 1.48. The van der Waals surface area contributed by atoms with Crippen molar-refractivity contribution >= 4 is 17.1 Å². The number of benzene rings is 3. The highest BCUT2D eigenvalue weighted by Gasteiger charge is 1.93. The zero-order chi connectivity index (χ0) is 15.6. The Bertz CT molecular complexity index is 646. The molecule has 0 aromatic heterocycles. The Morgan fingerprint density at radius 1 is 0.545 bits per heavy atom. The highest BCUT2D eigenvalue weighted by Crippen LogP contribution is 2.17. The lowest BCUT2D eigenvalue weighted by atomic mass is 10.2. The molecule has 22 heavy (non-hydrogen) atoms. The van der Waals surface area contributed by atoms with Crippen molar-refractivity contribution in [3.63, 3.8) is 0 Å². The summed E-state index contributed by atoms with van der Waals surface area (Å²) in [4.78, 5) is 0. The average molecular weight is 290 g/mol. The van der Waals surface area contributed by atoms with Crippen LogP contribution < -0.4 is 10.6 Å². The Morgan fingerprint density at radius 2 is 1.00 bits per heavy atom. The van der Waals surface area contributed by atoms with Gasteiger partial charge in [-0.25, -0.2) is 0 Å². The van der Waals surface area contributed by atoms with Gasteiger partial charge in [0.05, 0.1) is 0 Å². The van der Waals surface area contributed by atoms with Gasteiger partial charge in [-0.15, -0.1) is 0 Å². The van der Waals surface area contributed by atoms with Gasteiger partial charge >= 0.3 is 0 Å². The molecule has 0 saturated carbocycles. The van der Waals surface area contributed by atoms with E-state index >= 15 is 0 Å². The minimum atomic E-state index is 1.10. The van der Waals surface area contributed by atoms with Crippen LogP contribution >= 0.6 is 0 Å². The normalized spacial score (nSPS) is 9.36. The predicted molar refractivity (Wildman–Crippen MR) is 96.9 cm³/mol. The van der Waals surface area contributed by atoms with Gasteiger partial charge in [-0.05, 0) is 43.3 Å². The van der Waals surface area contributed by atoms with Crippen LogP contribution in [0.15, 0.2) is 84.9 Å². The molecule has 0 aliphatic rings. The van der Waals surface area contributed by atoms with Gasteiger partial charge in [-0.1, -0.05) is 54.1 Å². The lowest BCUT2D eigenvalue weighted by Gasteiger charge is -2.06. The summed E-state index contributed by atoms with van der Waals surface area (Å²) in [5.41, 5.74) is 4.64. The van der Waals surface area contributed by atoms with E-state index in [1.54, 1.807) is 0 Å². The van der Waals surface area contributed by atoms with Crippen LogP contribution in [0.4, 0.5) is 17.1 Å². The molecule has 0 saturated heterocycles. The molecule has 0 fully saturated rings. The van der Waals surface area contributed by atoms with Crippen molar-refractivity contribution in [1.82, 2.24) is 0 Å². The zero-order valence-electron chi connectivity index (χ0n) is 13.1. The number of anilines is 3. The third-order valence-corrected chi connectivity index (χ3v) is 3.18. The van der Waals surface area contributed by atoms with Gasteiger partial charge in [0.1, 0.15) is 0 Å². The van der Waals surface area contributed by atoms with Crippen LogP contribution in [0, 0.1) is 6.92 Å². The topological polar surface area (TPSA) is 24.1 Å². The van der Waals surface area contributed by atoms with Crippen molar-refractivity contribution in [2.75, 3.05) is 17.7 Å². The largest absolute Gasteiger partial charge is 0.388 e. The summed E-state index contributed by atoms with van der Waals surface area (Å²) < 4.78 is 0. The highest BCUT2D eigenvalue weighted by molar-refractivity contribution is 5.62. The van der Waals surface area contributed by atoms with Crippen LogP contribution in [-0.4, -0.2) is 7.05 Å². The number of hydrogen-bond acceptors (Lipinski definition) is 2. The zero-order valence-corrected chi connectivity index (χ0v) is 13.1. The Morgan fingerprint density at radius 3 is 1.45 bits per heavy atom. The van der Waals surface area contributed by atoms with Crippen molar-refractivity contribution in [1.29, 1.82) is 0 Å². The van der Waals surface area contributed by atoms with Gasteiger partial charge in [-0.3, -0.25) is 0 Å². The van der Waals surface area contributed by atoms with Crippen LogP contribution in [0.25, 0.3) is 0 Å². The van der Waals surface area contributed by atoms with E-state index in [2.05, 4.69) is 41.8 Å². The number of para-hydroxylation sites is 1. The predicted octanol–water partition coefficient (Wildman–Crippen LogP) is 5.47. The molecule has 0 aliphatic heterocycles. The quantitative estimate of drug-likeness (QED) is 0.668. The summed E-state index contributed by atoms with van der Waals surface area (Å²) in [6.07, 6.45) is 0. The smallest absolute Gasteiger partial charge is 0.0385 e. The molecule has 0 bridgehead atoms. The summed E-state index contributed by atoms with van der Waals surface area (Å²) in [5.74, 6) is 0. The van der Waals surface area contributed by atoms with E-state index in [9.17, 15) is 0 Å². The first kappa shape index (κ1) is 15.6. The monoisotopic (exact) mass is 290 g/mol. The Kier molecular flexibility index (Phi) is 6.06. The fourth-order valence-electron chi connectivity index (χ4n) is 1.94. The first-order valence-electron chi connectivity index (χ1n) is 7.39. The molecule has 0 amide bonds.